The Morgan fingerprint density at radius 1 is 1.19 bits per heavy atom. The topological polar surface area (TPSA) is 55.1 Å². The van der Waals surface area contributed by atoms with Crippen molar-refractivity contribution in [1.29, 1.82) is 0 Å². The number of rotatable bonds is 5. The van der Waals surface area contributed by atoms with Crippen LogP contribution in [0.3, 0.4) is 0 Å². The minimum absolute atomic E-state index is 0.0768. The predicted molar refractivity (Wildman–Crippen MR) is 77.4 cm³/mol. The van der Waals surface area contributed by atoms with Crippen molar-refractivity contribution in [2.24, 2.45) is 11.1 Å². The van der Waals surface area contributed by atoms with Gasteiger partial charge in [0.25, 0.3) is 0 Å². The third-order valence-electron chi connectivity index (χ3n) is 4.36. The summed E-state index contributed by atoms with van der Waals surface area (Å²) in [4.78, 5) is 12.1. The van der Waals surface area contributed by atoms with E-state index in [1.807, 2.05) is 0 Å². The smallest absolute Gasteiger partial charge is 0.220 e. The summed E-state index contributed by atoms with van der Waals surface area (Å²) in [5, 5.41) is 2.77. The highest BCUT2D eigenvalue weighted by Gasteiger charge is 2.32. The van der Waals surface area contributed by atoms with Crippen LogP contribution in [0.2, 0.25) is 0 Å². The van der Waals surface area contributed by atoms with Crippen molar-refractivity contribution in [1.82, 2.24) is 5.32 Å². The van der Waals surface area contributed by atoms with Crippen LogP contribution in [-0.4, -0.2) is 12.5 Å². The van der Waals surface area contributed by atoms with Crippen molar-refractivity contribution in [3.8, 4) is 0 Å². The molecule has 3 N–H and O–H groups in total. The Morgan fingerprint density at radius 2 is 1.90 bits per heavy atom. The Hall–Kier alpha value is -1.49. The minimum Gasteiger partial charge on any atom is -0.352 e. The molecule has 1 amide bonds. The molecule has 1 fully saturated rings. The van der Waals surface area contributed by atoms with E-state index in [0.29, 0.717) is 18.5 Å². The van der Waals surface area contributed by atoms with E-state index in [2.05, 4.69) is 5.32 Å². The van der Waals surface area contributed by atoms with Gasteiger partial charge in [-0.15, -0.1) is 0 Å². The highest BCUT2D eigenvalue weighted by Crippen LogP contribution is 2.38. The molecule has 0 saturated heterocycles. The summed E-state index contributed by atoms with van der Waals surface area (Å²) in [7, 11) is 0. The maximum absolute atomic E-state index is 13.1. The quantitative estimate of drug-likeness (QED) is 0.878. The van der Waals surface area contributed by atoms with Gasteiger partial charge < -0.3 is 11.1 Å². The van der Waals surface area contributed by atoms with Crippen molar-refractivity contribution < 1.29 is 13.6 Å². The molecule has 2 rings (SSSR count). The molecule has 0 radical (unpaired) electrons. The van der Waals surface area contributed by atoms with Gasteiger partial charge in [-0.25, -0.2) is 8.78 Å². The van der Waals surface area contributed by atoms with Crippen molar-refractivity contribution in [3.63, 3.8) is 0 Å². The summed E-state index contributed by atoms with van der Waals surface area (Å²) in [6.07, 6.45) is 5.83. The number of nitrogens with two attached hydrogens (primary N) is 1. The number of nitrogens with one attached hydrogen (secondary N) is 1. The second kappa shape index (κ2) is 6.98. The van der Waals surface area contributed by atoms with Crippen LogP contribution in [0.25, 0.3) is 0 Å². The van der Waals surface area contributed by atoms with Crippen LogP contribution in [0.15, 0.2) is 18.2 Å². The number of hydrogen-bond donors (Lipinski definition) is 2. The molecule has 0 aliphatic heterocycles. The first-order valence-corrected chi connectivity index (χ1v) is 7.45. The van der Waals surface area contributed by atoms with Crippen molar-refractivity contribution in [3.05, 3.63) is 35.4 Å². The molecule has 0 heterocycles. The summed E-state index contributed by atoms with van der Waals surface area (Å²) in [6, 6.07) is 3.65. The van der Waals surface area contributed by atoms with Crippen LogP contribution >= 0.6 is 0 Å². The van der Waals surface area contributed by atoms with E-state index in [0.717, 1.165) is 37.8 Å². The fraction of sp³-hybridized carbons (Fsp3) is 0.562. The lowest BCUT2D eigenvalue weighted by Gasteiger charge is -2.35. The van der Waals surface area contributed by atoms with Gasteiger partial charge in [0.05, 0.1) is 0 Å². The van der Waals surface area contributed by atoms with E-state index in [1.165, 1.54) is 12.5 Å². The fourth-order valence-corrected chi connectivity index (χ4v) is 3.01. The molecule has 0 atom stereocenters. The molecular formula is C16H22F2N2O. The molecule has 0 aromatic heterocycles. The van der Waals surface area contributed by atoms with E-state index in [9.17, 15) is 13.6 Å². The van der Waals surface area contributed by atoms with E-state index in [4.69, 9.17) is 5.73 Å². The highest BCUT2D eigenvalue weighted by atomic mass is 19.2. The first-order chi connectivity index (χ1) is 10.0. The molecule has 5 heteroatoms. The Bertz CT molecular complexity index is 499. The van der Waals surface area contributed by atoms with E-state index in [1.54, 1.807) is 0 Å². The average molecular weight is 296 g/mol. The molecule has 0 unspecified atom stereocenters. The molecular weight excluding hydrogens is 274 g/mol. The standard InChI is InChI=1S/C16H22F2N2O/c17-13-5-4-12(8-14(13)18)10-20-15(21)9-16(11-19)6-2-1-3-7-16/h4-5,8H,1-3,6-7,9-11,19H2,(H,20,21). The van der Waals surface area contributed by atoms with Gasteiger partial charge in [-0.1, -0.05) is 25.3 Å². The maximum atomic E-state index is 13.1. The number of halogens is 2. The minimum atomic E-state index is -0.896. The Kier molecular flexibility index (Phi) is 5.28. The summed E-state index contributed by atoms with van der Waals surface area (Å²) in [5.74, 6) is -1.85. The van der Waals surface area contributed by atoms with Gasteiger partial charge in [-0.2, -0.15) is 0 Å². The van der Waals surface area contributed by atoms with Crippen LogP contribution in [-0.2, 0) is 11.3 Å². The normalized spacial score (nSPS) is 17.5. The number of hydrogen-bond acceptors (Lipinski definition) is 2. The van der Waals surface area contributed by atoms with Crippen LogP contribution < -0.4 is 11.1 Å². The van der Waals surface area contributed by atoms with Gasteiger partial charge in [-0.05, 0) is 42.5 Å². The molecule has 0 spiro atoms. The van der Waals surface area contributed by atoms with Crippen LogP contribution in [0.1, 0.15) is 44.1 Å². The van der Waals surface area contributed by atoms with Gasteiger partial charge in [0.15, 0.2) is 11.6 Å². The summed E-state index contributed by atoms with van der Waals surface area (Å²) in [6.45, 7) is 0.724. The fourth-order valence-electron chi connectivity index (χ4n) is 3.01. The number of benzene rings is 1. The molecule has 1 saturated carbocycles. The Morgan fingerprint density at radius 3 is 2.52 bits per heavy atom. The van der Waals surface area contributed by atoms with Gasteiger partial charge in [0.2, 0.25) is 5.91 Å². The third kappa shape index (κ3) is 4.24. The average Bonchev–Trinajstić information content (AvgIpc) is 2.49. The Balaban J connectivity index is 1.87. The molecule has 1 aromatic carbocycles. The number of carbonyl (C=O) groups excluding carboxylic acids is 1. The maximum Gasteiger partial charge on any atom is 0.220 e. The summed E-state index contributed by atoms with van der Waals surface area (Å²) < 4.78 is 25.9. The number of amides is 1. The molecule has 21 heavy (non-hydrogen) atoms. The van der Waals surface area contributed by atoms with Gasteiger partial charge in [-0.3, -0.25) is 4.79 Å². The molecule has 1 aliphatic rings. The van der Waals surface area contributed by atoms with Crippen molar-refractivity contribution in [2.75, 3.05) is 6.54 Å². The van der Waals surface area contributed by atoms with Crippen LogP contribution in [0.4, 0.5) is 8.78 Å². The summed E-state index contributed by atoms with van der Waals surface area (Å²) >= 11 is 0. The predicted octanol–water partition coefficient (Wildman–Crippen LogP) is 2.88. The molecule has 1 aliphatic carbocycles. The highest BCUT2D eigenvalue weighted by molar-refractivity contribution is 5.76. The first kappa shape index (κ1) is 15.9. The van der Waals surface area contributed by atoms with Gasteiger partial charge in [0, 0.05) is 13.0 Å². The van der Waals surface area contributed by atoms with Crippen LogP contribution in [0.5, 0.6) is 0 Å². The van der Waals surface area contributed by atoms with E-state index in [-0.39, 0.29) is 17.9 Å². The van der Waals surface area contributed by atoms with Gasteiger partial charge >= 0.3 is 0 Å². The van der Waals surface area contributed by atoms with E-state index >= 15 is 0 Å². The lowest BCUT2D eigenvalue weighted by Crippen LogP contribution is -2.38. The van der Waals surface area contributed by atoms with Crippen molar-refractivity contribution in [2.45, 2.75) is 45.1 Å². The van der Waals surface area contributed by atoms with Gasteiger partial charge in [0.1, 0.15) is 0 Å². The zero-order valence-electron chi connectivity index (χ0n) is 12.1. The SMILES string of the molecule is NCC1(CC(=O)NCc2ccc(F)c(F)c2)CCCCC1. The third-order valence-corrected chi connectivity index (χ3v) is 4.36. The second-order valence-electron chi connectivity index (χ2n) is 5.97. The monoisotopic (exact) mass is 296 g/mol. The van der Waals surface area contributed by atoms with E-state index < -0.39 is 11.6 Å². The second-order valence-corrected chi connectivity index (χ2v) is 5.97. The number of carbonyl (C=O) groups is 1. The Labute approximate surface area is 123 Å². The molecule has 3 nitrogen and oxygen atoms in total. The van der Waals surface area contributed by atoms with Crippen LogP contribution in [0, 0.1) is 17.0 Å². The zero-order chi connectivity index (χ0) is 15.3. The zero-order valence-corrected chi connectivity index (χ0v) is 12.1. The lowest BCUT2D eigenvalue weighted by atomic mass is 9.71. The lowest BCUT2D eigenvalue weighted by molar-refractivity contribution is -0.124. The molecule has 1 aromatic rings. The summed E-state index contributed by atoms with van der Waals surface area (Å²) in [5.41, 5.74) is 6.32. The van der Waals surface area contributed by atoms with Crippen molar-refractivity contribution >= 4 is 5.91 Å². The largest absolute Gasteiger partial charge is 0.352 e. The first-order valence-electron chi connectivity index (χ1n) is 7.45. The molecule has 0 bridgehead atoms. The molecule has 116 valence electrons.